The molecule has 0 bridgehead atoms. The Balaban J connectivity index is 2.52. The minimum atomic E-state index is 1.27. The van der Waals surface area contributed by atoms with Gasteiger partial charge < -0.3 is 9.80 Å². The van der Waals surface area contributed by atoms with Gasteiger partial charge in [0.05, 0.1) is 11.4 Å². The fourth-order valence-corrected chi connectivity index (χ4v) is 1.61. The summed E-state index contributed by atoms with van der Waals surface area (Å²) in [6, 6.07) is 8.42. The average Bonchev–Trinajstić information content (AvgIpc) is 2.33. The van der Waals surface area contributed by atoms with Gasteiger partial charge in [0.1, 0.15) is 0 Å². The van der Waals surface area contributed by atoms with Gasteiger partial charge in [-0.05, 0) is 19.1 Å². The van der Waals surface area contributed by atoms with Crippen LogP contribution < -0.4 is 9.80 Å². The number of benzene rings is 1. The highest BCUT2D eigenvalue weighted by molar-refractivity contribution is 5.79. The Morgan fingerprint density at radius 1 is 0.917 bits per heavy atom. The molecule has 1 aliphatic heterocycles. The Bertz CT molecular complexity index is 267. The number of nitrogens with zero attached hydrogens (tertiary/aromatic N) is 2. The topological polar surface area (TPSA) is 6.48 Å². The summed E-state index contributed by atoms with van der Waals surface area (Å²) in [5.74, 6) is 0. The fraction of sp³-hybridized carbons (Fsp3) is 0.300. The van der Waals surface area contributed by atoms with Crippen molar-refractivity contribution >= 4 is 11.4 Å². The van der Waals surface area contributed by atoms with E-state index in [2.05, 4.69) is 55.1 Å². The lowest BCUT2D eigenvalue weighted by atomic mass is 10.3. The van der Waals surface area contributed by atoms with Gasteiger partial charge in [-0.25, -0.2) is 0 Å². The van der Waals surface area contributed by atoms with Crippen LogP contribution in [0.3, 0.4) is 0 Å². The van der Waals surface area contributed by atoms with Crippen molar-refractivity contribution in [2.24, 2.45) is 0 Å². The van der Waals surface area contributed by atoms with Crippen LogP contribution in [0, 0.1) is 6.17 Å². The molecule has 0 N–H and O–H groups in total. The van der Waals surface area contributed by atoms with Gasteiger partial charge in [0.2, 0.25) is 0 Å². The van der Waals surface area contributed by atoms with Gasteiger partial charge in [0.15, 0.2) is 6.17 Å². The first-order valence-corrected chi connectivity index (χ1v) is 4.12. The Labute approximate surface area is 73.4 Å². The number of hydrogen-bond acceptors (Lipinski definition) is 2. The molecule has 0 amide bonds. The second kappa shape index (κ2) is 2.41. The van der Waals surface area contributed by atoms with Gasteiger partial charge >= 0.3 is 0 Å². The molecule has 2 heteroatoms. The smallest absolute Gasteiger partial charge is 0.152 e. The van der Waals surface area contributed by atoms with Gasteiger partial charge in [-0.1, -0.05) is 12.1 Å². The van der Waals surface area contributed by atoms with E-state index < -0.39 is 0 Å². The number of rotatable bonds is 0. The summed E-state index contributed by atoms with van der Waals surface area (Å²) in [4.78, 5) is 4.41. The predicted octanol–water partition coefficient (Wildman–Crippen LogP) is 2.08. The van der Waals surface area contributed by atoms with E-state index in [1.807, 2.05) is 0 Å². The minimum Gasteiger partial charge on any atom is -0.347 e. The predicted molar refractivity (Wildman–Crippen MR) is 52.2 cm³/mol. The molecule has 0 fully saturated rings. The van der Waals surface area contributed by atoms with Crippen molar-refractivity contribution in [2.45, 2.75) is 6.92 Å². The standard InChI is InChI=1S/C10H13N2/c1-8-11(2)9-6-4-5-7-10(9)12(8)3/h4-7H,1-3H3. The maximum Gasteiger partial charge on any atom is 0.152 e. The van der Waals surface area contributed by atoms with Crippen LogP contribution in [0.5, 0.6) is 0 Å². The molecule has 0 aliphatic carbocycles. The van der Waals surface area contributed by atoms with Crippen molar-refractivity contribution in [3.8, 4) is 0 Å². The zero-order valence-electron chi connectivity index (χ0n) is 7.70. The first-order valence-electron chi connectivity index (χ1n) is 4.12. The molecular weight excluding hydrogens is 148 g/mol. The van der Waals surface area contributed by atoms with Gasteiger partial charge in [-0.15, -0.1) is 0 Å². The molecule has 2 rings (SSSR count). The molecule has 0 spiro atoms. The van der Waals surface area contributed by atoms with Crippen LogP contribution in [0.1, 0.15) is 6.92 Å². The largest absolute Gasteiger partial charge is 0.347 e. The number of fused-ring (bicyclic) bond motifs is 1. The first kappa shape index (κ1) is 7.47. The summed E-state index contributed by atoms with van der Waals surface area (Å²) < 4.78 is 0. The van der Waals surface area contributed by atoms with Crippen LogP contribution in [0.25, 0.3) is 0 Å². The van der Waals surface area contributed by atoms with E-state index in [0.29, 0.717) is 0 Å². The summed E-state index contributed by atoms with van der Waals surface area (Å²) in [5.41, 5.74) is 2.58. The van der Waals surface area contributed by atoms with Gasteiger partial charge in [0.25, 0.3) is 0 Å². The summed E-state index contributed by atoms with van der Waals surface area (Å²) in [5, 5.41) is 0. The zero-order chi connectivity index (χ0) is 8.72. The summed E-state index contributed by atoms with van der Waals surface area (Å²) in [7, 11) is 4.19. The third kappa shape index (κ3) is 0.809. The van der Waals surface area contributed by atoms with Crippen LogP contribution in [-0.4, -0.2) is 14.1 Å². The highest BCUT2D eigenvalue weighted by Crippen LogP contribution is 2.39. The van der Waals surface area contributed by atoms with Crippen molar-refractivity contribution in [1.29, 1.82) is 0 Å². The van der Waals surface area contributed by atoms with E-state index in [1.54, 1.807) is 0 Å². The first-order chi connectivity index (χ1) is 5.72. The molecule has 0 atom stereocenters. The molecular formula is C10H13N2. The highest BCUT2D eigenvalue weighted by atomic mass is 15.4. The van der Waals surface area contributed by atoms with Crippen LogP contribution in [0.4, 0.5) is 11.4 Å². The number of para-hydroxylation sites is 2. The molecule has 12 heavy (non-hydrogen) atoms. The summed E-state index contributed by atoms with van der Waals surface area (Å²) >= 11 is 0. The lowest BCUT2D eigenvalue weighted by Crippen LogP contribution is -2.27. The Hall–Kier alpha value is -1.18. The van der Waals surface area contributed by atoms with E-state index in [9.17, 15) is 0 Å². The van der Waals surface area contributed by atoms with Crippen molar-refractivity contribution in [1.82, 2.24) is 0 Å². The molecule has 1 aliphatic rings. The normalized spacial score (nSPS) is 16.9. The molecule has 0 saturated heterocycles. The zero-order valence-corrected chi connectivity index (χ0v) is 7.70. The van der Waals surface area contributed by atoms with E-state index in [-0.39, 0.29) is 0 Å². The van der Waals surface area contributed by atoms with Gasteiger partial charge in [0, 0.05) is 14.1 Å². The average molecular weight is 161 g/mol. The quantitative estimate of drug-likeness (QED) is 0.575. The number of hydrogen-bond donors (Lipinski definition) is 0. The molecule has 0 unspecified atom stereocenters. The Morgan fingerprint density at radius 2 is 1.33 bits per heavy atom. The van der Waals surface area contributed by atoms with Crippen molar-refractivity contribution < 1.29 is 0 Å². The van der Waals surface area contributed by atoms with Crippen LogP contribution in [-0.2, 0) is 0 Å². The Morgan fingerprint density at radius 3 is 1.75 bits per heavy atom. The van der Waals surface area contributed by atoms with Crippen molar-refractivity contribution in [3.63, 3.8) is 0 Å². The lowest BCUT2D eigenvalue weighted by molar-refractivity contribution is 0.877. The van der Waals surface area contributed by atoms with E-state index in [4.69, 9.17) is 0 Å². The summed E-state index contributed by atoms with van der Waals surface area (Å²) in [6.07, 6.45) is 1.27. The third-order valence-corrected chi connectivity index (χ3v) is 2.58. The molecule has 1 heterocycles. The second-order valence-corrected chi connectivity index (χ2v) is 3.15. The van der Waals surface area contributed by atoms with Gasteiger partial charge in [-0.2, -0.15) is 0 Å². The molecule has 1 radical (unpaired) electrons. The summed E-state index contributed by atoms with van der Waals surface area (Å²) in [6.45, 7) is 2.12. The third-order valence-electron chi connectivity index (χ3n) is 2.58. The fourth-order valence-electron chi connectivity index (χ4n) is 1.61. The monoisotopic (exact) mass is 161 g/mol. The maximum atomic E-state index is 2.20. The van der Waals surface area contributed by atoms with Crippen LogP contribution >= 0.6 is 0 Å². The Kier molecular flexibility index (Phi) is 1.50. The number of anilines is 2. The molecule has 2 nitrogen and oxygen atoms in total. The van der Waals surface area contributed by atoms with E-state index in [1.165, 1.54) is 17.5 Å². The molecule has 0 saturated carbocycles. The second-order valence-electron chi connectivity index (χ2n) is 3.15. The lowest BCUT2D eigenvalue weighted by Gasteiger charge is -2.21. The molecule has 63 valence electrons. The van der Waals surface area contributed by atoms with E-state index in [0.717, 1.165) is 0 Å². The van der Waals surface area contributed by atoms with Crippen LogP contribution in [0.15, 0.2) is 24.3 Å². The highest BCUT2D eigenvalue weighted by Gasteiger charge is 2.27. The SMILES string of the molecule is C[C]1N(C)c2ccccc2N1C. The van der Waals surface area contributed by atoms with Gasteiger partial charge in [-0.3, -0.25) is 0 Å². The molecule has 0 aromatic heterocycles. The molecule has 1 aromatic carbocycles. The van der Waals surface area contributed by atoms with Crippen molar-refractivity contribution in [2.75, 3.05) is 23.9 Å². The van der Waals surface area contributed by atoms with E-state index >= 15 is 0 Å². The maximum absolute atomic E-state index is 2.20. The van der Waals surface area contributed by atoms with Crippen molar-refractivity contribution in [3.05, 3.63) is 30.4 Å². The minimum absolute atomic E-state index is 1.27. The molecule has 1 aromatic rings. The van der Waals surface area contributed by atoms with Crippen LogP contribution in [0.2, 0.25) is 0 Å².